The van der Waals surface area contributed by atoms with Gasteiger partial charge >= 0.3 is 0 Å². The average Bonchev–Trinajstić information content (AvgIpc) is 2.67. The Morgan fingerprint density at radius 2 is 0.824 bits per heavy atom. The lowest BCUT2D eigenvalue weighted by molar-refractivity contribution is -0.142. The summed E-state index contributed by atoms with van der Waals surface area (Å²) >= 11 is 0. The number of hydrogen-bond acceptors (Lipinski definition) is 2. The summed E-state index contributed by atoms with van der Waals surface area (Å²) in [7, 11) is 0. The van der Waals surface area contributed by atoms with E-state index in [1.165, 1.54) is 19.3 Å². The topological polar surface area (TPSA) is 34.1 Å². The van der Waals surface area contributed by atoms with Crippen molar-refractivity contribution in [2.45, 2.75) is 70.6 Å². The molecule has 0 spiro atoms. The van der Waals surface area contributed by atoms with Crippen molar-refractivity contribution in [2.24, 2.45) is 11.8 Å². The van der Waals surface area contributed by atoms with Crippen LogP contribution in [0.5, 0.6) is 0 Å². The summed E-state index contributed by atoms with van der Waals surface area (Å²) in [6, 6.07) is 0. The molecular formula is C15H24O2. The fraction of sp³-hybridized carbons (Fsp3) is 0.867. The van der Waals surface area contributed by atoms with E-state index < -0.39 is 0 Å². The lowest BCUT2D eigenvalue weighted by atomic mass is 9.81. The lowest BCUT2D eigenvalue weighted by Crippen LogP contribution is -2.30. The van der Waals surface area contributed by atoms with Crippen molar-refractivity contribution >= 4 is 11.6 Å². The molecule has 2 heteroatoms. The Hall–Kier alpha value is -0.660. The number of hydrogen-bond donors (Lipinski definition) is 0. The van der Waals surface area contributed by atoms with Crippen LogP contribution in [0, 0.1) is 11.8 Å². The van der Waals surface area contributed by atoms with E-state index in [0.29, 0.717) is 0 Å². The molecule has 17 heavy (non-hydrogen) atoms. The van der Waals surface area contributed by atoms with E-state index in [1.54, 1.807) is 0 Å². The molecule has 0 aromatic heterocycles. The molecule has 0 aromatic rings. The molecule has 0 bridgehead atoms. The lowest BCUT2D eigenvalue weighted by Gasteiger charge is -2.21. The summed E-state index contributed by atoms with van der Waals surface area (Å²) < 4.78 is 0. The average molecular weight is 236 g/mol. The van der Waals surface area contributed by atoms with E-state index in [0.717, 1.165) is 51.4 Å². The van der Waals surface area contributed by atoms with Gasteiger partial charge in [-0.2, -0.15) is 0 Å². The second-order valence-electron chi connectivity index (χ2n) is 5.75. The van der Waals surface area contributed by atoms with E-state index in [1.807, 2.05) is 0 Å². The highest BCUT2D eigenvalue weighted by atomic mass is 16.2. The highest BCUT2D eigenvalue weighted by molar-refractivity contribution is 6.38. The van der Waals surface area contributed by atoms with E-state index >= 15 is 0 Å². The highest BCUT2D eigenvalue weighted by Gasteiger charge is 2.31. The van der Waals surface area contributed by atoms with Crippen molar-refractivity contribution in [3.05, 3.63) is 0 Å². The van der Waals surface area contributed by atoms with Crippen LogP contribution in [0.25, 0.3) is 0 Å². The minimum atomic E-state index is -0.0309. The molecule has 2 rings (SSSR count). The smallest absolute Gasteiger partial charge is 0.201 e. The molecule has 2 aliphatic carbocycles. The van der Waals surface area contributed by atoms with Gasteiger partial charge in [-0.1, -0.05) is 44.9 Å². The van der Waals surface area contributed by atoms with E-state index in [9.17, 15) is 9.59 Å². The number of rotatable bonds is 3. The van der Waals surface area contributed by atoms with Crippen LogP contribution in [0.1, 0.15) is 70.6 Å². The van der Waals surface area contributed by atoms with Gasteiger partial charge in [0.05, 0.1) is 0 Å². The largest absolute Gasteiger partial charge is 0.291 e. The Labute approximate surface area is 104 Å². The third kappa shape index (κ3) is 3.40. The first-order chi connectivity index (χ1) is 8.29. The van der Waals surface area contributed by atoms with Gasteiger partial charge in [-0.05, 0) is 25.7 Å². The van der Waals surface area contributed by atoms with Gasteiger partial charge in [0.15, 0.2) is 0 Å². The van der Waals surface area contributed by atoms with Crippen molar-refractivity contribution < 1.29 is 9.59 Å². The third-order valence-corrected chi connectivity index (χ3v) is 4.44. The number of carbonyl (C=O) groups is 2. The first-order valence-corrected chi connectivity index (χ1v) is 7.37. The molecule has 0 heterocycles. The van der Waals surface area contributed by atoms with Gasteiger partial charge in [-0.25, -0.2) is 0 Å². The molecule has 0 N–H and O–H groups in total. The molecule has 0 aromatic carbocycles. The summed E-state index contributed by atoms with van der Waals surface area (Å²) in [6.07, 6.45) is 12.1. The number of Topliss-reactive ketones (excluding diaryl/α,β-unsaturated/α-hetero) is 2. The van der Waals surface area contributed by atoms with Gasteiger partial charge in [0, 0.05) is 11.8 Å². The van der Waals surface area contributed by atoms with Crippen molar-refractivity contribution in [3.63, 3.8) is 0 Å². The van der Waals surface area contributed by atoms with Gasteiger partial charge in [-0.15, -0.1) is 0 Å². The second kappa shape index (κ2) is 6.32. The predicted octanol–water partition coefficient (Wildman–Crippen LogP) is 3.68. The molecule has 96 valence electrons. The van der Waals surface area contributed by atoms with Crippen LogP contribution in [0.15, 0.2) is 0 Å². The maximum atomic E-state index is 12.2. The van der Waals surface area contributed by atoms with Gasteiger partial charge in [0.1, 0.15) is 0 Å². The second-order valence-corrected chi connectivity index (χ2v) is 5.75. The van der Waals surface area contributed by atoms with Gasteiger partial charge in [0.25, 0.3) is 0 Å². The van der Waals surface area contributed by atoms with Crippen molar-refractivity contribution in [1.29, 1.82) is 0 Å². The zero-order valence-electron chi connectivity index (χ0n) is 10.7. The maximum absolute atomic E-state index is 12.2. The summed E-state index contributed by atoms with van der Waals surface area (Å²) in [5, 5.41) is 0. The monoisotopic (exact) mass is 236 g/mol. The molecule has 2 aliphatic rings. The SMILES string of the molecule is O=C(C(=O)C1CCCCC1)C1CCCCCC1. The van der Waals surface area contributed by atoms with E-state index in [2.05, 4.69) is 0 Å². The van der Waals surface area contributed by atoms with Crippen molar-refractivity contribution in [1.82, 2.24) is 0 Å². The van der Waals surface area contributed by atoms with Crippen LogP contribution in [0.3, 0.4) is 0 Å². The van der Waals surface area contributed by atoms with E-state index in [4.69, 9.17) is 0 Å². The predicted molar refractivity (Wildman–Crippen MR) is 67.8 cm³/mol. The van der Waals surface area contributed by atoms with Crippen molar-refractivity contribution in [2.75, 3.05) is 0 Å². The van der Waals surface area contributed by atoms with Crippen LogP contribution in [-0.2, 0) is 9.59 Å². The molecule has 0 amide bonds. The van der Waals surface area contributed by atoms with E-state index in [-0.39, 0.29) is 23.4 Å². The molecular weight excluding hydrogens is 212 g/mol. The number of carbonyl (C=O) groups excluding carboxylic acids is 2. The third-order valence-electron chi connectivity index (χ3n) is 4.44. The summed E-state index contributed by atoms with van der Waals surface area (Å²) in [5.41, 5.74) is 0. The zero-order valence-corrected chi connectivity index (χ0v) is 10.7. The van der Waals surface area contributed by atoms with Crippen LogP contribution < -0.4 is 0 Å². The highest BCUT2D eigenvalue weighted by Crippen LogP contribution is 2.29. The molecule has 0 saturated heterocycles. The van der Waals surface area contributed by atoms with Crippen LogP contribution in [0.4, 0.5) is 0 Å². The molecule has 2 saturated carbocycles. The quantitative estimate of drug-likeness (QED) is 0.553. The standard InChI is InChI=1S/C15H24O2/c16-14(12-8-4-1-2-5-9-12)15(17)13-10-6-3-7-11-13/h12-13H,1-11H2. The summed E-state index contributed by atoms with van der Waals surface area (Å²) in [6.45, 7) is 0. The minimum absolute atomic E-state index is 0.0289. The minimum Gasteiger partial charge on any atom is -0.291 e. The van der Waals surface area contributed by atoms with Crippen LogP contribution in [-0.4, -0.2) is 11.6 Å². The molecule has 2 nitrogen and oxygen atoms in total. The first kappa shape index (κ1) is 12.8. The molecule has 0 aliphatic heterocycles. The Morgan fingerprint density at radius 3 is 1.18 bits per heavy atom. The van der Waals surface area contributed by atoms with Crippen molar-refractivity contribution in [3.8, 4) is 0 Å². The number of ketones is 2. The molecule has 0 radical (unpaired) electrons. The Kier molecular flexibility index (Phi) is 4.75. The summed E-state index contributed by atoms with van der Waals surface area (Å²) in [5.74, 6) is 0.0711. The Bertz CT molecular complexity index is 269. The van der Waals surface area contributed by atoms with Crippen LogP contribution >= 0.6 is 0 Å². The van der Waals surface area contributed by atoms with Crippen LogP contribution in [0.2, 0.25) is 0 Å². The molecule has 2 fully saturated rings. The summed E-state index contributed by atoms with van der Waals surface area (Å²) in [4.78, 5) is 24.4. The van der Waals surface area contributed by atoms with Gasteiger partial charge < -0.3 is 0 Å². The molecule has 0 unspecified atom stereocenters. The maximum Gasteiger partial charge on any atom is 0.201 e. The first-order valence-electron chi connectivity index (χ1n) is 7.37. The normalized spacial score (nSPS) is 24.2. The Balaban J connectivity index is 1.90. The zero-order chi connectivity index (χ0) is 12.1. The van der Waals surface area contributed by atoms with Gasteiger partial charge in [-0.3, -0.25) is 9.59 Å². The molecule has 0 atom stereocenters. The fourth-order valence-electron chi connectivity index (χ4n) is 3.31. The van der Waals surface area contributed by atoms with Gasteiger partial charge in [0.2, 0.25) is 11.6 Å². The Morgan fingerprint density at radius 1 is 0.529 bits per heavy atom. The fourth-order valence-corrected chi connectivity index (χ4v) is 3.31.